The number of aryl methyl sites for hydroxylation is 1. The molecular formula is C22H25N3O3. The molecule has 1 saturated heterocycles. The topological polar surface area (TPSA) is 67.3 Å². The van der Waals surface area contributed by atoms with Crippen molar-refractivity contribution in [3.05, 3.63) is 64.2 Å². The molecule has 28 heavy (non-hydrogen) atoms. The number of nitrogens with one attached hydrogen (secondary N) is 1. The van der Waals surface area contributed by atoms with Gasteiger partial charge in [0.2, 0.25) is 5.91 Å². The Balaban J connectivity index is 1.35. The summed E-state index contributed by atoms with van der Waals surface area (Å²) in [6, 6.07) is 11.5. The first-order valence-corrected chi connectivity index (χ1v) is 9.68. The van der Waals surface area contributed by atoms with Gasteiger partial charge < -0.3 is 19.2 Å². The van der Waals surface area contributed by atoms with Crippen molar-refractivity contribution in [2.45, 2.75) is 32.3 Å². The van der Waals surface area contributed by atoms with Crippen molar-refractivity contribution in [1.29, 1.82) is 0 Å². The van der Waals surface area contributed by atoms with Crippen LogP contribution in [0.25, 0.3) is 10.9 Å². The van der Waals surface area contributed by atoms with Crippen LogP contribution in [0.4, 0.5) is 0 Å². The minimum atomic E-state index is -0.0682. The number of rotatable bonds is 4. The molecule has 0 aliphatic carbocycles. The van der Waals surface area contributed by atoms with Crippen molar-refractivity contribution in [3.63, 3.8) is 0 Å². The number of likely N-dealkylation sites (tertiary alicyclic amines) is 1. The Morgan fingerprint density at radius 2 is 1.96 bits per heavy atom. The Hall–Kier alpha value is -3.02. The summed E-state index contributed by atoms with van der Waals surface area (Å²) in [5, 5.41) is 1.11. The average Bonchev–Trinajstić information content (AvgIpc) is 3.09. The molecule has 0 saturated carbocycles. The number of piperidine rings is 1. The van der Waals surface area contributed by atoms with Crippen molar-refractivity contribution in [3.8, 4) is 5.75 Å². The molecule has 4 rings (SSSR count). The lowest BCUT2D eigenvalue weighted by Crippen LogP contribution is -2.42. The zero-order valence-electron chi connectivity index (χ0n) is 16.3. The fraction of sp³-hybridized carbons (Fsp3) is 0.364. The largest absolute Gasteiger partial charge is 0.490 e. The van der Waals surface area contributed by atoms with E-state index in [1.807, 2.05) is 48.4 Å². The normalized spacial score (nSPS) is 15.1. The molecule has 1 fully saturated rings. The molecule has 0 bridgehead atoms. The summed E-state index contributed by atoms with van der Waals surface area (Å²) < 4.78 is 7.60. The van der Waals surface area contributed by atoms with E-state index in [0.717, 1.165) is 35.0 Å². The fourth-order valence-electron chi connectivity index (χ4n) is 3.77. The molecule has 0 radical (unpaired) electrons. The third-order valence-electron chi connectivity index (χ3n) is 5.59. The number of hydrogen-bond acceptors (Lipinski definition) is 3. The highest BCUT2D eigenvalue weighted by molar-refractivity contribution is 5.88. The van der Waals surface area contributed by atoms with Gasteiger partial charge in [0.1, 0.15) is 11.9 Å². The highest BCUT2D eigenvalue weighted by Crippen LogP contribution is 2.22. The van der Waals surface area contributed by atoms with Crippen LogP contribution in [0, 0.1) is 6.92 Å². The Bertz CT molecular complexity index is 1060. The first-order valence-electron chi connectivity index (χ1n) is 9.68. The number of pyridine rings is 1. The number of aromatic nitrogens is 2. The first kappa shape index (κ1) is 18.3. The zero-order valence-corrected chi connectivity index (χ0v) is 16.3. The van der Waals surface area contributed by atoms with Crippen molar-refractivity contribution in [2.75, 3.05) is 13.1 Å². The number of para-hydroxylation sites is 1. The maximum Gasteiger partial charge on any atom is 0.254 e. The number of ether oxygens (including phenoxy) is 1. The number of aromatic amines is 1. The van der Waals surface area contributed by atoms with Crippen molar-refractivity contribution < 1.29 is 9.53 Å². The van der Waals surface area contributed by atoms with Crippen LogP contribution in [0.2, 0.25) is 0 Å². The van der Waals surface area contributed by atoms with Gasteiger partial charge in [-0.2, -0.15) is 0 Å². The molecule has 0 unspecified atom stereocenters. The standard InChI is InChI=1S/C22H25N3O3/c1-15-11-18(13-21(26)24(15)2)28-17-7-9-25(10-8-17)22(27)12-16-14-23-20-6-4-3-5-19(16)20/h3-6,11,13-14,17,23H,7-10,12H2,1-2H3. The van der Waals surface area contributed by atoms with Crippen molar-refractivity contribution in [1.82, 2.24) is 14.5 Å². The van der Waals surface area contributed by atoms with Crippen LogP contribution < -0.4 is 10.3 Å². The monoisotopic (exact) mass is 379 g/mol. The molecule has 0 atom stereocenters. The second kappa shape index (κ2) is 7.54. The van der Waals surface area contributed by atoms with Crippen molar-refractivity contribution in [2.24, 2.45) is 7.05 Å². The summed E-state index contributed by atoms with van der Waals surface area (Å²) >= 11 is 0. The van der Waals surface area contributed by atoms with Gasteiger partial charge in [0, 0.05) is 61.8 Å². The molecule has 1 amide bonds. The maximum atomic E-state index is 12.7. The van der Waals surface area contributed by atoms with E-state index in [0.29, 0.717) is 25.3 Å². The number of carbonyl (C=O) groups excluding carboxylic acids is 1. The molecule has 6 heteroatoms. The van der Waals surface area contributed by atoms with Gasteiger partial charge in [0.05, 0.1) is 6.42 Å². The number of hydrogen-bond donors (Lipinski definition) is 1. The van der Waals surface area contributed by atoms with Crippen LogP contribution in [0.1, 0.15) is 24.1 Å². The smallest absolute Gasteiger partial charge is 0.254 e. The molecule has 1 N–H and O–H groups in total. The minimum Gasteiger partial charge on any atom is -0.490 e. The Labute approximate surface area is 163 Å². The highest BCUT2D eigenvalue weighted by atomic mass is 16.5. The van der Waals surface area contributed by atoms with E-state index in [4.69, 9.17) is 4.74 Å². The number of benzene rings is 1. The van der Waals surface area contributed by atoms with Gasteiger partial charge in [-0.3, -0.25) is 9.59 Å². The molecule has 1 aromatic carbocycles. The second-order valence-corrected chi connectivity index (χ2v) is 7.46. The predicted molar refractivity (Wildman–Crippen MR) is 109 cm³/mol. The van der Waals surface area contributed by atoms with Crippen LogP contribution in [-0.4, -0.2) is 39.6 Å². The molecule has 0 spiro atoms. The summed E-state index contributed by atoms with van der Waals surface area (Å²) in [4.78, 5) is 29.8. The Morgan fingerprint density at radius 3 is 2.71 bits per heavy atom. The van der Waals surface area contributed by atoms with E-state index in [2.05, 4.69) is 4.98 Å². The second-order valence-electron chi connectivity index (χ2n) is 7.46. The van der Waals surface area contributed by atoms with Gasteiger partial charge in [-0.05, 0) is 24.6 Å². The first-order chi connectivity index (χ1) is 13.5. The lowest BCUT2D eigenvalue weighted by Gasteiger charge is -2.32. The predicted octanol–water partition coefficient (Wildman–Crippen LogP) is 2.79. The van der Waals surface area contributed by atoms with Gasteiger partial charge in [-0.15, -0.1) is 0 Å². The van der Waals surface area contributed by atoms with E-state index in [1.54, 1.807) is 11.6 Å². The summed E-state index contributed by atoms with van der Waals surface area (Å²) in [6.07, 6.45) is 3.91. The molecule has 3 aromatic rings. The third-order valence-corrected chi connectivity index (χ3v) is 5.59. The highest BCUT2D eigenvalue weighted by Gasteiger charge is 2.24. The summed E-state index contributed by atoms with van der Waals surface area (Å²) in [6.45, 7) is 3.24. The maximum absolute atomic E-state index is 12.7. The van der Waals surface area contributed by atoms with Crippen LogP contribution >= 0.6 is 0 Å². The third kappa shape index (κ3) is 3.67. The number of fused-ring (bicyclic) bond motifs is 1. The van der Waals surface area contributed by atoms with Gasteiger partial charge >= 0.3 is 0 Å². The van der Waals surface area contributed by atoms with E-state index >= 15 is 0 Å². The lowest BCUT2D eigenvalue weighted by molar-refractivity contribution is -0.132. The summed E-state index contributed by atoms with van der Waals surface area (Å²) in [5.41, 5.74) is 2.89. The van der Waals surface area contributed by atoms with Gasteiger partial charge in [-0.1, -0.05) is 18.2 Å². The number of nitrogens with zero attached hydrogens (tertiary/aromatic N) is 2. The van der Waals surface area contributed by atoms with Gasteiger partial charge in [-0.25, -0.2) is 0 Å². The summed E-state index contributed by atoms with van der Waals surface area (Å²) in [5.74, 6) is 0.761. The van der Waals surface area contributed by atoms with Crippen LogP contribution in [0.15, 0.2) is 47.4 Å². The number of carbonyl (C=O) groups is 1. The number of H-pyrrole nitrogens is 1. The zero-order chi connectivity index (χ0) is 19.7. The quantitative estimate of drug-likeness (QED) is 0.758. The minimum absolute atomic E-state index is 0.0312. The molecule has 146 valence electrons. The van der Waals surface area contributed by atoms with E-state index in [-0.39, 0.29) is 17.6 Å². The molecule has 2 aromatic heterocycles. The van der Waals surface area contributed by atoms with Crippen molar-refractivity contribution >= 4 is 16.8 Å². The Morgan fingerprint density at radius 1 is 1.21 bits per heavy atom. The van der Waals surface area contributed by atoms with Gasteiger partial charge in [0.25, 0.3) is 5.56 Å². The van der Waals surface area contributed by atoms with Crippen LogP contribution in [0.5, 0.6) is 5.75 Å². The van der Waals surface area contributed by atoms with E-state index in [1.165, 1.54) is 6.07 Å². The number of amides is 1. The van der Waals surface area contributed by atoms with Crippen LogP contribution in [-0.2, 0) is 18.3 Å². The molecule has 1 aliphatic heterocycles. The molecular weight excluding hydrogens is 354 g/mol. The average molecular weight is 379 g/mol. The van der Waals surface area contributed by atoms with E-state index < -0.39 is 0 Å². The molecule has 6 nitrogen and oxygen atoms in total. The fourth-order valence-corrected chi connectivity index (χ4v) is 3.77. The van der Waals surface area contributed by atoms with Crippen LogP contribution in [0.3, 0.4) is 0 Å². The van der Waals surface area contributed by atoms with Gasteiger partial charge in [0.15, 0.2) is 0 Å². The Kier molecular flexibility index (Phi) is 4.94. The lowest BCUT2D eigenvalue weighted by atomic mass is 10.1. The molecule has 3 heterocycles. The summed E-state index contributed by atoms with van der Waals surface area (Å²) in [7, 11) is 1.75. The van der Waals surface area contributed by atoms with E-state index in [9.17, 15) is 9.59 Å². The SMILES string of the molecule is Cc1cc(OC2CCN(C(=O)Cc3c[nH]c4ccccc34)CC2)cc(=O)n1C. The molecule has 1 aliphatic rings.